The van der Waals surface area contributed by atoms with Gasteiger partial charge in [-0.05, 0) is 50.9 Å². The van der Waals surface area contributed by atoms with Gasteiger partial charge in [-0.2, -0.15) is 0 Å². The molecule has 0 aromatic carbocycles. The second-order valence-corrected chi connectivity index (χ2v) is 4.35. The Kier molecular flexibility index (Phi) is 5.51. The average Bonchev–Trinajstić information content (AvgIpc) is 2.83. The van der Waals surface area contributed by atoms with E-state index in [0.717, 1.165) is 13.1 Å². The van der Waals surface area contributed by atoms with Crippen molar-refractivity contribution >= 4 is 18.3 Å². The van der Waals surface area contributed by atoms with E-state index >= 15 is 0 Å². The Morgan fingerprint density at radius 2 is 2.47 bits per heavy atom. The summed E-state index contributed by atoms with van der Waals surface area (Å²) in [6, 6.07) is 3.59. The summed E-state index contributed by atoms with van der Waals surface area (Å²) in [5.74, 6) is 0.784. The van der Waals surface area contributed by atoms with Crippen molar-refractivity contribution in [1.29, 1.82) is 0 Å². The molecule has 2 N–H and O–H groups in total. The number of nitrogens with one attached hydrogen (secondary N) is 2. The van der Waals surface area contributed by atoms with Gasteiger partial charge < -0.3 is 15.1 Å². The van der Waals surface area contributed by atoms with Crippen LogP contribution in [0.3, 0.4) is 0 Å². The molecule has 0 saturated carbocycles. The number of rotatable bonds is 3. The molecular weight excluding hydrogens is 240 g/mol. The fraction of sp³-hybridized carbons (Fsp3) is 0.583. The van der Waals surface area contributed by atoms with Crippen molar-refractivity contribution < 1.29 is 9.21 Å². The van der Waals surface area contributed by atoms with Crippen LogP contribution in [0.5, 0.6) is 0 Å². The van der Waals surface area contributed by atoms with Crippen LogP contribution in [0.4, 0.5) is 0 Å². The Morgan fingerprint density at radius 3 is 3.06 bits per heavy atom. The number of halogens is 1. The van der Waals surface area contributed by atoms with E-state index in [9.17, 15) is 4.79 Å². The molecule has 0 aliphatic carbocycles. The minimum Gasteiger partial charge on any atom is -0.459 e. The van der Waals surface area contributed by atoms with E-state index in [2.05, 4.69) is 17.6 Å². The van der Waals surface area contributed by atoms with E-state index in [1.165, 1.54) is 19.1 Å². The zero-order chi connectivity index (χ0) is 11.4. The number of amides is 1. The molecule has 0 spiro atoms. The lowest BCUT2D eigenvalue weighted by atomic mass is 9.93. The van der Waals surface area contributed by atoms with Crippen molar-refractivity contribution in [3.05, 3.63) is 24.2 Å². The Labute approximate surface area is 108 Å². The normalized spacial score (nSPS) is 21.4. The van der Waals surface area contributed by atoms with Gasteiger partial charge >= 0.3 is 0 Å². The molecule has 1 aliphatic rings. The molecule has 2 unspecified atom stereocenters. The first-order valence-electron chi connectivity index (χ1n) is 5.82. The lowest BCUT2D eigenvalue weighted by Gasteiger charge is -2.28. The third-order valence-electron chi connectivity index (χ3n) is 3.15. The lowest BCUT2D eigenvalue weighted by Crippen LogP contribution is -2.44. The van der Waals surface area contributed by atoms with Crippen LogP contribution >= 0.6 is 12.4 Å². The van der Waals surface area contributed by atoms with Gasteiger partial charge in [0.05, 0.1) is 6.26 Å². The van der Waals surface area contributed by atoms with E-state index in [-0.39, 0.29) is 24.4 Å². The third-order valence-corrected chi connectivity index (χ3v) is 3.15. The number of piperidine rings is 1. The SMILES string of the molecule is CC(NC(=O)c1ccco1)C1CCCNC1.Cl. The van der Waals surface area contributed by atoms with E-state index in [0.29, 0.717) is 11.7 Å². The quantitative estimate of drug-likeness (QED) is 0.870. The van der Waals surface area contributed by atoms with Crippen LogP contribution in [0.25, 0.3) is 0 Å². The first-order chi connectivity index (χ1) is 7.77. The van der Waals surface area contributed by atoms with Crippen molar-refractivity contribution in [1.82, 2.24) is 10.6 Å². The standard InChI is InChI=1S/C12H18N2O2.ClH/c1-9(10-4-2-6-13-8-10)14-12(15)11-5-3-7-16-11;/h3,5,7,9-10,13H,2,4,6,8H2,1H3,(H,14,15);1H. The average molecular weight is 259 g/mol. The molecule has 1 aliphatic heterocycles. The number of hydrogen-bond acceptors (Lipinski definition) is 3. The van der Waals surface area contributed by atoms with Gasteiger partial charge in [-0.25, -0.2) is 0 Å². The molecule has 96 valence electrons. The lowest BCUT2D eigenvalue weighted by molar-refractivity contribution is 0.0894. The van der Waals surface area contributed by atoms with Crippen molar-refractivity contribution in [2.75, 3.05) is 13.1 Å². The summed E-state index contributed by atoms with van der Waals surface area (Å²) in [4.78, 5) is 11.7. The smallest absolute Gasteiger partial charge is 0.287 e. The molecule has 5 heteroatoms. The van der Waals surface area contributed by atoms with Crippen LogP contribution in [0, 0.1) is 5.92 Å². The summed E-state index contributed by atoms with van der Waals surface area (Å²) in [6.07, 6.45) is 3.87. The molecule has 0 radical (unpaired) electrons. The molecule has 1 aromatic heterocycles. The number of furan rings is 1. The predicted molar refractivity (Wildman–Crippen MR) is 68.5 cm³/mol. The highest BCUT2D eigenvalue weighted by Crippen LogP contribution is 2.14. The summed E-state index contributed by atoms with van der Waals surface area (Å²) in [5, 5.41) is 6.33. The Hall–Kier alpha value is -1.00. The maximum absolute atomic E-state index is 11.7. The van der Waals surface area contributed by atoms with Crippen LogP contribution < -0.4 is 10.6 Å². The van der Waals surface area contributed by atoms with E-state index in [1.807, 2.05) is 0 Å². The molecule has 1 aromatic rings. The van der Waals surface area contributed by atoms with Gasteiger partial charge in [0.25, 0.3) is 5.91 Å². The van der Waals surface area contributed by atoms with Crippen LogP contribution in [-0.4, -0.2) is 25.0 Å². The molecule has 2 atom stereocenters. The highest BCUT2D eigenvalue weighted by Gasteiger charge is 2.22. The fourth-order valence-electron chi connectivity index (χ4n) is 2.11. The van der Waals surface area contributed by atoms with Gasteiger partial charge in [0.2, 0.25) is 0 Å². The summed E-state index contributed by atoms with van der Waals surface area (Å²) >= 11 is 0. The van der Waals surface area contributed by atoms with Gasteiger partial charge in [-0.3, -0.25) is 4.79 Å². The van der Waals surface area contributed by atoms with Crippen molar-refractivity contribution in [3.8, 4) is 0 Å². The van der Waals surface area contributed by atoms with E-state index in [4.69, 9.17) is 4.42 Å². The number of carbonyl (C=O) groups excluding carboxylic acids is 1. The molecular formula is C12H19ClN2O2. The second-order valence-electron chi connectivity index (χ2n) is 4.35. The number of hydrogen-bond donors (Lipinski definition) is 2. The molecule has 17 heavy (non-hydrogen) atoms. The van der Waals surface area contributed by atoms with Crippen LogP contribution in [0.15, 0.2) is 22.8 Å². The van der Waals surface area contributed by atoms with Crippen LogP contribution in [0.2, 0.25) is 0 Å². The molecule has 1 fully saturated rings. The maximum Gasteiger partial charge on any atom is 0.287 e. The fourth-order valence-corrected chi connectivity index (χ4v) is 2.11. The molecule has 4 nitrogen and oxygen atoms in total. The Balaban J connectivity index is 0.00000144. The third kappa shape index (κ3) is 3.75. The van der Waals surface area contributed by atoms with Gasteiger partial charge in [0.1, 0.15) is 0 Å². The van der Waals surface area contributed by atoms with Gasteiger partial charge in [-0.15, -0.1) is 12.4 Å². The topological polar surface area (TPSA) is 54.3 Å². The number of carbonyl (C=O) groups is 1. The molecule has 1 saturated heterocycles. The largest absolute Gasteiger partial charge is 0.459 e. The predicted octanol–water partition coefficient (Wildman–Crippen LogP) is 1.82. The van der Waals surface area contributed by atoms with Crippen LogP contribution in [0.1, 0.15) is 30.3 Å². The van der Waals surface area contributed by atoms with E-state index in [1.54, 1.807) is 12.1 Å². The zero-order valence-electron chi connectivity index (χ0n) is 9.94. The minimum absolute atomic E-state index is 0. The highest BCUT2D eigenvalue weighted by atomic mass is 35.5. The van der Waals surface area contributed by atoms with Gasteiger partial charge in [-0.1, -0.05) is 0 Å². The minimum atomic E-state index is -0.122. The van der Waals surface area contributed by atoms with Crippen molar-refractivity contribution in [2.24, 2.45) is 5.92 Å². The van der Waals surface area contributed by atoms with Crippen molar-refractivity contribution in [2.45, 2.75) is 25.8 Å². The first kappa shape index (κ1) is 14.1. The van der Waals surface area contributed by atoms with Crippen LogP contribution in [-0.2, 0) is 0 Å². The molecule has 2 heterocycles. The summed E-state index contributed by atoms with van der Waals surface area (Å²) in [5.41, 5.74) is 0. The molecule has 2 rings (SSSR count). The molecule has 0 bridgehead atoms. The maximum atomic E-state index is 11.7. The molecule has 1 amide bonds. The van der Waals surface area contributed by atoms with Crippen molar-refractivity contribution in [3.63, 3.8) is 0 Å². The zero-order valence-corrected chi connectivity index (χ0v) is 10.8. The second kappa shape index (κ2) is 6.67. The summed E-state index contributed by atoms with van der Waals surface area (Å²) in [7, 11) is 0. The van der Waals surface area contributed by atoms with Gasteiger partial charge in [0.15, 0.2) is 5.76 Å². The summed E-state index contributed by atoms with van der Waals surface area (Å²) < 4.78 is 5.06. The van der Waals surface area contributed by atoms with E-state index < -0.39 is 0 Å². The van der Waals surface area contributed by atoms with Gasteiger partial charge in [0, 0.05) is 6.04 Å². The first-order valence-corrected chi connectivity index (χ1v) is 5.82. The summed E-state index contributed by atoms with van der Waals surface area (Å²) in [6.45, 7) is 4.13. The highest BCUT2D eigenvalue weighted by molar-refractivity contribution is 5.91. The Morgan fingerprint density at radius 1 is 1.65 bits per heavy atom. The Bertz CT molecular complexity index is 334. The monoisotopic (exact) mass is 258 g/mol.